The minimum Gasteiger partial charge on any atom is -0.497 e. The van der Waals surface area contributed by atoms with Crippen LogP contribution < -0.4 is 9.64 Å². The zero-order chi connectivity index (χ0) is 17.3. The Hall–Kier alpha value is -2.50. The predicted octanol–water partition coefficient (Wildman–Crippen LogP) is 4.31. The molecule has 0 unspecified atom stereocenters. The van der Waals surface area contributed by atoms with Crippen LogP contribution in [0.15, 0.2) is 42.5 Å². The molecule has 24 heavy (non-hydrogen) atoms. The number of methoxy groups -OCH3 is 1. The van der Waals surface area contributed by atoms with Crippen LogP contribution in [0, 0.1) is 0 Å². The Morgan fingerprint density at radius 3 is 2.62 bits per heavy atom. The standard InChI is InChI=1S/C18H16F3NO2/c1-24-13-8-9-16-12(11-13)5-4-10-22(16)17(23)14-6-2-3-7-15(14)18(19,20)21/h2-3,6-9,11H,4-5,10H2,1H3. The van der Waals surface area contributed by atoms with E-state index in [4.69, 9.17) is 4.74 Å². The number of hydrogen-bond acceptors (Lipinski definition) is 2. The van der Waals surface area contributed by atoms with Crippen LogP contribution in [-0.2, 0) is 12.6 Å². The highest BCUT2D eigenvalue weighted by Gasteiger charge is 2.36. The molecule has 0 saturated heterocycles. The number of halogens is 3. The van der Waals surface area contributed by atoms with Gasteiger partial charge in [-0.3, -0.25) is 4.79 Å². The topological polar surface area (TPSA) is 29.5 Å². The first-order valence-corrected chi connectivity index (χ1v) is 7.57. The van der Waals surface area contributed by atoms with Crippen molar-refractivity contribution in [3.8, 4) is 5.75 Å². The summed E-state index contributed by atoms with van der Waals surface area (Å²) < 4.78 is 44.7. The van der Waals surface area contributed by atoms with Gasteiger partial charge in [-0.2, -0.15) is 13.2 Å². The number of hydrogen-bond donors (Lipinski definition) is 0. The number of aryl methyl sites for hydroxylation is 1. The molecule has 0 atom stereocenters. The Morgan fingerprint density at radius 1 is 1.17 bits per heavy atom. The van der Waals surface area contributed by atoms with Crippen LogP contribution in [0.3, 0.4) is 0 Å². The largest absolute Gasteiger partial charge is 0.497 e. The zero-order valence-corrected chi connectivity index (χ0v) is 13.1. The second-order valence-corrected chi connectivity index (χ2v) is 5.60. The molecule has 2 aromatic carbocycles. The quantitative estimate of drug-likeness (QED) is 0.819. The van der Waals surface area contributed by atoms with Gasteiger partial charge < -0.3 is 9.64 Å². The fourth-order valence-electron chi connectivity index (χ4n) is 2.97. The van der Waals surface area contributed by atoms with E-state index in [-0.39, 0.29) is 5.56 Å². The molecule has 3 nitrogen and oxygen atoms in total. The van der Waals surface area contributed by atoms with Gasteiger partial charge in [0.15, 0.2) is 0 Å². The molecule has 3 rings (SSSR count). The molecule has 0 aromatic heterocycles. The minimum atomic E-state index is -4.56. The van der Waals surface area contributed by atoms with Gasteiger partial charge in [-0.05, 0) is 48.7 Å². The van der Waals surface area contributed by atoms with Crippen molar-refractivity contribution in [1.82, 2.24) is 0 Å². The van der Waals surface area contributed by atoms with E-state index in [1.807, 2.05) is 6.07 Å². The van der Waals surface area contributed by atoms with E-state index in [0.717, 1.165) is 18.1 Å². The first kappa shape index (κ1) is 16.4. The lowest BCUT2D eigenvalue weighted by Gasteiger charge is -2.30. The lowest BCUT2D eigenvalue weighted by atomic mass is 9.99. The number of anilines is 1. The fourth-order valence-corrected chi connectivity index (χ4v) is 2.97. The summed E-state index contributed by atoms with van der Waals surface area (Å²) in [5.41, 5.74) is 0.312. The number of fused-ring (bicyclic) bond motifs is 1. The maximum Gasteiger partial charge on any atom is 0.417 e. The maximum atomic E-state index is 13.2. The van der Waals surface area contributed by atoms with E-state index in [1.54, 1.807) is 19.2 Å². The highest BCUT2D eigenvalue weighted by Crippen LogP contribution is 2.35. The number of rotatable bonds is 2. The fraction of sp³-hybridized carbons (Fsp3) is 0.278. The van der Waals surface area contributed by atoms with Crippen LogP contribution in [0.25, 0.3) is 0 Å². The molecule has 1 amide bonds. The Labute approximate surface area is 137 Å². The van der Waals surface area contributed by atoms with E-state index < -0.39 is 17.6 Å². The SMILES string of the molecule is COc1ccc2c(c1)CCCN2C(=O)c1ccccc1C(F)(F)F. The number of ether oxygens (including phenoxy) is 1. The van der Waals surface area contributed by atoms with Gasteiger partial charge in [0.1, 0.15) is 5.75 Å². The summed E-state index contributed by atoms with van der Waals surface area (Å²) in [5, 5.41) is 0. The molecular weight excluding hydrogens is 319 g/mol. The number of nitrogens with zero attached hydrogens (tertiary/aromatic N) is 1. The van der Waals surface area contributed by atoms with Crippen LogP contribution in [0.5, 0.6) is 5.75 Å². The van der Waals surface area contributed by atoms with E-state index in [1.165, 1.54) is 23.1 Å². The molecule has 0 radical (unpaired) electrons. The van der Waals surface area contributed by atoms with Crippen molar-refractivity contribution in [2.75, 3.05) is 18.6 Å². The van der Waals surface area contributed by atoms with Gasteiger partial charge in [0.2, 0.25) is 0 Å². The van der Waals surface area contributed by atoms with E-state index in [9.17, 15) is 18.0 Å². The third-order valence-electron chi connectivity index (χ3n) is 4.11. The lowest BCUT2D eigenvalue weighted by molar-refractivity contribution is -0.137. The maximum absolute atomic E-state index is 13.2. The molecule has 0 N–H and O–H groups in total. The van der Waals surface area contributed by atoms with Crippen molar-refractivity contribution in [2.45, 2.75) is 19.0 Å². The third kappa shape index (κ3) is 2.96. The molecule has 0 fully saturated rings. The average Bonchev–Trinajstić information content (AvgIpc) is 2.59. The van der Waals surface area contributed by atoms with Crippen LogP contribution in [0.2, 0.25) is 0 Å². The number of carbonyl (C=O) groups is 1. The van der Waals surface area contributed by atoms with Gasteiger partial charge in [-0.1, -0.05) is 12.1 Å². The molecule has 2 aromatic rings. The molecule has 0 aliphatic carbocycles. The van der Waals surface area contributed by atoms with Crippen molar-refractivity contribution < 1.29 is 22.7 Å². The number of benzene rings is 2. The lowest BCUT2D eigenvalue weighted by Crippen LogP contribution is -2.36. The highest BCUT2D eigenvalue weighted by molar-refractivity contribution is 6.07. The molecule has 1 aliphatic heterocycles. The molecule has 126 valence electrons. The second kappa shape index (κ2) is 6.19. The minimum absolute atomic E-state index is 0.325. The van der Waals surface area contributed by atoms with Gasteiger partial charge >= 0.3 is 6.18 Å². The summed E-state index contributed by atoms with van der Waals surface area (Å²) in [6.45, 7) is 0.393. The van der Waals surface area contributed by atoms with Crippen molar-refractivity contribution >= 4 is 11.6 Å². The smallest absolute Gasteiger partial charge is 0.417 e. The van der Waals surface area contributed by atoms with E-state index >= 15 is 0 Å². The molecule has 0 bridgehead atoms. The van der Waals surface area contributed by atoms with Crippen molar-refractivity contribution in [1.29, 1.82) is 0 Å². The Kier molecular flexibility index (Phi) is 4.22. The van der Waals surface area contributed by atoms with Crippen molar-refractivity contribution in [3.05, 3.63) is 59.2 Å². The molecule has 6 heteroatoms. The molecular formula is C18H16F3NO2. The first-order valence-electron chi connectivity index (χ1n) is 7.57. The highest BCUT2D eigenvalue weighted by atomic mass is 19.4. The normalized spacial score (nSPS) is 14.2. The van der Waals surface area contributed by atoms with Crippen LogP contribution >= 0.6 is 0 Å². The number of alkyl halides is 3. The van der Waals surface area contributed by atoms with Gasteiger partial charge in [0.05, 0.1) is 18.2 Å². The Balaban J connectivity index is 2.02. The van der Waals surface area contributed by atoms with Gasteiger partial charge in [-0.15, -0.1) is 0 Å². The van der Waals surface area contributed by atoms with Crippen molar-refractivity contribution in [2.24, 2.45) is 0 Å². The molecule has 1 heterocycles. The molecule has 0 spiro atoms. The summed E-state index contributed by atoms with van der Waals surface area (Å²) in [6, 6.07) is 10.1. The molecule has 0 saturated carbocycles. The van der Waals surface area contributed by atoms with Crippen LogP contribution in [-0.4, -0.2) is 19.6 Å². The molecule has 1 aliphatic rings. The van der Waals surface area contributed by atoms with Gasteiger partial charge in [-0.25, -0.2) is 0 Å². The second-order valence-electron chi connectivity index (χ2n) is 5.60. The predicted molar refractivity (Wildman–Crippen MR) is 84.4 cm³/mol. The number of carbonyl (C=O) groups excluding carboxylic acids is 1. The summed E-state index contributed by atoms with van der Waals surface area (Å²) in [4.78, 5) is 14.2. The van der Waals surface area contributed by atoms with Crippen LogP contribution in [0.1, 0.15) is 27.9 Å². The van der Waals surface area contributed by atoms with Crippen LogP contribution in [0.4, 0.5) is 18.9 Å². The zero-order valence-electron chi connectivity index (χ0n) is 13.1. The Bertz CT molecular complexity index is 771. The van der Waals surface area contributed by atoms with E-state index in [2.05, 4.69) is 0 Å². The Morgan fingerprint density at radius 2 is 1.92 bits per heavy atom. The number of amides is 1. The monoisotopic (exact) mass is 335 g/mol. The van der Waals surface area contributed by atoms with Gasteiger partial charge in [0, 0.05) is 12.2 Å². The summed E-state index contributed by atoms with van der Waals surface area (Å²) >= 11 is 0. The summed E-state index contributed by atoms with van der Waals surface area (Å²) in [6.07, 6.45) is -3.11. The first-order chi connectivity index (χ1) is 11.4. The summed E-state index contributed by atoms with van der Waals surface area (Å²) in [7, 11) is 1.55. The third-order valence-corrected chi connectivity index (χ3v) is 4.11. The summed E-state index contributed by atoms with van der Waals surface area (Å²) in [5.74, 6) is 0.0350. The van der Waals surface area contributed by atoms with Crippen molar-refractivity contribution in [3.63, 3.8) is 0 Å². The van der Waals surface area contributed by atoms with Gasteiger partial charge in [0.25, 0.3) is 5.91 Å². The average molecular weight is 335 g/mol. The van der Waals surface area contributed by atoms with E-state index in [0.29, 0.717) is 24.4 Å².